The molecule has 3 nitrogen and oxygen atoms in total. The summed E-state index contributed by atoms with van der Waals surface area (Å²) >= 11 is 0. The van der Waals surface area contributed by atoms with E-state index in [1.807, 2.05) is 17.7 Å². The van der Waals surface area contributed by atoms with E-state index >= 15 is 0 Å². The summed E-state index contributed by atoms with van der Waals surface area (Å²) in [6, 6.07) is 4.90. The van der Waals surface area contributed by atoms with Crippen molar-refractivity contribution in [3.05, 3.63) is 29.7 Å². The molecule has 104 valence electrons. The molecule has 0 amide bonds. The van der Waals surface area contributed by atoms with Crippen molar-refractivity contribution in [2.75, 3.05) is 20.6 Å². The minimum Gasteiger partial charge on any atom is -0.309 e. The first kappa shape index (κ1) is 14.0. The zero-order valence-corrected chi connectivity index (χ0v) is 12.0. The van der Waals surface area contributed by atoms with Crippen LogP contribution in [0.25, 0.3) is 10.9 Å². The van der Waals surface area contributed by atoms with Gasteiger partial charge in [-0.3, -0.25) is 4.68 Å². The van der Waals surface area contributed by atoms with Crippen LogP contribution in [0.5, 0.6) is 0 Å². The first-order chi connectivity index (χ1) is 9.08. The molecule has 0 atom stereocenters. The van der Waals surface area contributed by atoms with Gasteiger partial charge >= 0.3 is 0 Å². The standard InChI is InChI=1S/C15H22FN3/c1-12-14-11-13(16)7-8-15(14)19(17-12)10-6-4-5-9-18(2)3/h7-8,11H,4-6,9-10H2,1-3H3. The second-order valence-corrected chi connectivity index (χ2v) is 5.33. The highest BCUT2D eigenvalue weighted by atomic mass is 19.1. The molecular weight excluding hydrogens is 241 g/mol. The average molecular weight is 263 g/mol. The van der Waals surface area contributed by atoms with Gasteiger partial charge in [-0.1, -0.05) is 6.42 Å². The second kappa shape index (κ2) is 6.15. The van der Waals surface area contributed by atoms with Gasteiger partial charge in [0.25, 0.3) is 0 Å². The number of aromatic nitrogens is 2. The van der Waals surface area contributed by atoms with Gasteiger partial charge < -0.3 is 4.90 Å². The fourth-order valence-corrected chi connectivity index (χ4v) is 2.35. The molecule has 0 saturated heterocycles. The van der Waals surface area contributed by atoms with Crippen LogP contribution in [0, 0.1) is 12.7 Å². The predicted octanol–water partition coefficient (Wildman–Crippen LogP) is 3.22. The average Bonchev–Trinajstić information content (AvgIpc) is 2.65. The van der Waals surface area contributed by atoms with Crippen molar-refractivity contribution in [1.29, 1.82) is 0 Å². The number of rotatable bonds is 6. The Labute approximate surface area is 114 Å². The molecule has 19 heavy (non-hydrogen) atoms. The predicted molar refractivity (Wildman–Crippen MR) is 76.8 cm³/mol. The summed E-state index contributed by atoms with van der Waals surface area (Å²) < 4.78 is 15.2. The van der Waals surface area contributed by atoms with Gasteiger partial charge in [-0.05, 0) is 58.6 Å². The van der Waals surface area contributed by atoms with Crippen LogP contribution >= 0.6 is 0 Å². The molecule has 2 rings (SSSR count). The van der Waals surface area contributed by atoms with E-state index in [0.717, 1.165) is 36.1 Å². The first-order valence-corrected chi connectivity index (χ1v) is 6.85. The van der Waals surface area contributed by atoms with Gasteiger partial charge in [0.2, 0.25) is 0 Å². The van der Waals surface area contributed by atoms with Crippen LogP contribution in [-0.4, -0.2) is 35.3 Å². The summed E-state index contributed by atoms with van der Waals surface area (Å²) in [5, 5.41) is 5.43. The SMILES string of the molecule is Cc1nn(CCCCCN(C)C)c2ccc(F)cc12. The van der Waals surface area contributed by atoms with E-state index in [-0.39, 0.29) is 5.82 Å². The van der Waals surface area contributed by atoms with Gasteiger partial charge in [0, 0.05) is 11.9 Å². The Balaban J connectivity index is 1.97. The highest BCUT2D eigenvalue weighted by Gasteiger charge is 2.07. The van der Waals surface area contributed by atoms with Crippen molar-refractivity contribution in [3.63, 3.8) is 0 Å². The van der Waals surface area contributed by atoms with Gasteiger partial charge in [0.1, 0.15) is 5.82 Å². The highest BCUT2D eigenvalue weighted by Crippen LogP contribution is 2.19. The Morgan fingerprint density at radius 3 is 2.74 bits per heavy atom. The van der Waals surface area contributed by atoms with Crippen molar-refractivity contribution in [2.45, 2.75) is 32.7 Å². The zero-order valence-electron chi connectivity index (χ0n) is 12.0. The number of aryl methyl sites for hydroxylation is 2. The molecule has 1 aromatic carbocycles. The van der Waals surface area contributed by atoms with Crippen LogP contribution < -0.4 is 0 Å². The Morgan fingerprint density at radius 1 is 1.21 bits per heavy atom. The molecule has 0 N–H and O–H groups in total. The lowest BCUT2D eigenvalue weighted by Crippen LogP contribution is -2.13. The maximum Gasteiger partial charge on any atom is 0.124 e. The lowest BCUT2D eigenvalue weighted by atomic mass is 10.2. The molecule has 0 saturated carbocycles. The number of unbranched alkanes of at least 4 members (excludes halogenated alkanes) is 2. The largest absolute Gasteiger partial charge is 0.309 e. The van der Waals surface area contributed by atoms with Crippen LogP contribution in [0.1, 0.15) is 25.0 Å². The molecular formula is C15H22FN3. The summed E-state index contributed by atoms with van der Waals surface area (Å²) in [6.07, 6.45) is 3.51. The lowest BCUT2D eigenvalue weighted by Gasteiger charge is -2.09. The molecule has 2 aromatic rings. The topological polar surface area (TPSA) is 21.1 Å². The molecule has 0 spiro atoms. The third-order valence-electron chi connectivity index (χ3n) is 3.37. The molecule has 1 aromatic heterocycles. The van der Waals surface area contributed by atoms with E-state index < -0.39 is 0 Å². The third kappa shape index (κ3) is 3.53. The highest BCUT2D eigenvalue weighted by molar-refractivity contribution is 5.81. The van der Waals surface area contributed by atoms with Crippen LogP contribution in [0.4, 0.5) is 4.39 Å². The van der Waals surface area contributed by atoms with E-state index in [4.69, 9.17) is 0 Å². The Hall–Kier alpha value is -1.42. The lowest BCUT2D eigenvalue weighted by molar-refractivity contribution is 0.387. The van der Waals surface area contributed by atoms with E-state index in [1.54, 1.807) is 6.07 Å². The normalized spacial score (nSPS) is 11.6. The van der Waals surface area contributed by atoms with Gasteiger partial charge in [-0.15, -0.1) is 0 Å². The molecule has 0 aliphatic rings. The monoisotopic (exact) mass is 263 g/mol. The molecule has 0 fully saturated rings. The Kier molecular flexibility index (Phi) is 4.53. The number of benzene rings is 1. The third-order valence-corrected chi connectivity index (χ3v) is 3.37. The second-order valence-electron chi connectivity index (χ2n) is 5.33. The molecule has 1 heterocycles. The number of hydrogen-bond acceptors (Lipinski definition) is 2. The summed E-state index contributed by atoms with van der Waals surface area (Å²) in [5.74, 6) is -0.193. The van der Waals surface area contributed by atoms with E-state index in [1.165, 1.54) is 18.9 Å². The molecule has 0 aliphatic carbocycles. The summed E-state index contributed by atoms with van der Waals surface area (Å²) in [4.78, 5) is 2.20. The van der Waals surface area contributed by atoms with Crippen molar-refractivity contribution in [2.24, 2.45) is 0 Å². The number of hydrogen-bond donors (Lipinski definition) is 0. The zero-order chi connectivity index (χ0) is 13.8. The van der Waals surface area contributed by atoms with Gasteiger partial charge in [-0.2, -0.15) is 5.10 Å². The van der Waals surface area contributed by atoms with E-state index in [9.17, 15) is 4.39 Å². The van der Waals surface area contributed by atoms with Gasteiger partial charge in [0.05, 0.1) is 11.2 Å². The number of nitrogens with zero attached hydrogens (tertiary/aromatic N) is 3. The smallest absolute Gasteiger partial charge is 0.124 e. The summed E-state index contributed by atoms with van der Waals surface area (Å²) in [7, 11) is 4.19. The van der Waals surface area contributed by atoms with Crippen molar-refractivity contribution >= 4 is 10.9 Å². The van der Waals surface area contributed by atoms with Crippen LogP contribution in [-0.2, 0) is 6.54 Å². The maximum absolute atomic E-state index is 13.2. The quantitative estimate of drug-likeness (QED) is 0.746. The maximum atomic E-state index is 13.2. The van der Waals surface area contributed by atoms with Crippen LogP contribution in [0.15, 0.2) is 18.2 Å². The first-order valence-electron chi connectivity index (χ1n) is 6.85. The minimum absolute atomic E-state index is 0.193. The molecule has 4 heteroatoms. The number of halogens is 1. The van der Waals surface area contributed by atoms with E-state index in [0.29, 0.717) is 0 Å². The van der Waals surface area contributed by atoms with E-state index in [2.05, 4.69) is 24.1 Å². The van der Waals surface area contributed by atoms with Crippen molar-refractivity contribution in [3.8, 4) is 0 Å². The molecule has 0 radical (unpaired) electrons. The van der Waals surface area contributed by atoms with Crippen LogP contribution in [0.3, 0.4) is 0 Å². The van der Waals surface area contributed by atoms with Gasteiger partial charge in [0.15, 0.2) is 0 Å². The molecule has 0 bridgehead atoms. The fraction of sp³-hybridized carbons (Fsp3) is 0.533. The fourth-order valence-electron chi connectivity index (χ4n) is 2.35. The molecule has 0 aliphatic heterocycles. The van der Waals surface area contributed by atoms with Crippen LogP contribution in [0.2, 0.25) is 0 Å². The van der Waals surface area contributed by atoms with Gasteiger partial charge in [-0.25, -0.2) is 4.39 Å². The number of fused-ring (bicyclic) bond motifs is 1. The van der Waals surface area contributed by atoms with Crippen molar-refractivity contribution < 1.29 is 4.39 Å². The van der Waals surface area contributed by atoms with Crippen molar-refractivity contribution in [1.82, 2.24) is 14.7 Å². The summed E-state index contributed by atoms with van der Waals surface area (Å²) in [5.41, 5.74) is 1.94. The minimum atomic E-state index is -0.193. The Bertz CT molecular complexity index is 546. The molecule has 0 unspecified atom stereocenters. The Morgan fingerprint density at radius 2 is 2.00 bits per heavy atom. The summed E-state index contributed by atoms with van der Waals surface area (Å²) in [6.45, 7) is 3.97.